The Balaban J connectivity index is 1.89. The first-order valence-corrected chi connectivity index (χ1v) is 13.5. The average Bonchev–Trinajstić information content (AvgIpc) is 3.60. The number of ether oxygens (including phenoxy) is 3. The summed E-state index contributed by atoms with van der Waals surface area (Å²) in [6.07, 6.45) is 4.56. The zero-order chi connectivity index (χ0) is 26.7. The summed E-state index contributed by atoms with van der Waals surface area (Å²) in [5, 5.41) is 16.4. The molecule has 0 amide bonds. The molecule has 4 aromatic rings. The van der Waals surface area contributed by atoms with E-state index in [1.54, 1.807) is 43.2 Å². The Morgan fingerprint density at radius 1 is 1.03 bits per heavy atom. The first kappa shape index (κ1) is 26.7. The summed E-state index contributed by atoms with van der Waals surface area (Å²) in [5.74, 6) is 2.31. The molecule has 8 nitrogen and oxygen atoms in total. The van der Waals surface area contributed by atoms with Gasteiger partial charge in [0.1, 0.15) is 5.75 Å². The summed E-state index contributed by atoms with van der Waals surface area (Å²) < 4.78 is 18.6. The van der Waals surface area contributed by atoms with Crippen molar-refractivity contribution in [2.24, 2.45) is 0 Å². The van der Waals surface area contributed by atoms with E-state index in [1.165, 1.54) is 17.8 Å². The number of rotatable bonds is 10. The predicted octanol–water partition coefficient (Wildman–Crippen LogP) is 5.35. The minimum absolute atomic E-state index is 0.198. The van der Waals surface area contributed by atoms with Crippen molar-refractivity contribution in [3.8, 4) is 28.6 Å². The van der Waals surface area contributed by atoms with E-state index in [0.29, 0.717) is 34.3 Å². The number of methoxy groups -OCH3 is 3. The largest absolute Gasteiger partial charge is 0.497 e. The summed E-state index contributed by atoms with van der Waals surface area (Å²) in [6.45, 7) is 13.0. The van der Waals surface area contributed by atoms with E-state index in [1.807, 2.05) is 6.07 Å². The second-order valence-corrected chi connectivity index (χ2v) is 11.0. The van der Waals surface area contributed by atoms with Gasteiger partial charge in [-0.3, -0.25) is 0 Å². The highest BCUT2D eigenvalue weighted by molar-refractivity contribution is 7.16. The lowest BCUT2D eigenvalue weighted by atomic mass is 9.91. The van der Waals surface area contributed by atoms with Crippen LogP contribution in [-0.4, -0.2) is 54.2 Å². The Bertz CT molecular complexity index is 1420. The summed E-state index contributed by atoms with van der Waals surface area (Å²) in [5.41, 5.74) is 2.16. The first-order valence-electron chi connectivity index (χ1n) is 12.7. The number of nitrogens with zero attached hydrogens (tertiary/aromatic N) is 5. The zero-order valence-corrected chi connectivity index (χ0v) is 23.9. The van der Waals surface area contributed by atoms with Gasteiger partial charge in [0.15, 0.2) is 23.0 Å². The Kier molecular flexibility index (Phi) is 7.92. The lowest BCUT2D eigenvalue weighted by Gasteiger charge is -2.20. The molecule has 0 saturated heterocycles. The molecule has 0 aliphatic carbocycles. The number of fused-ring (bicyclic) bond motifs is 1. The fraction of sp³-hybridized carbons (Fsp3) is 0.464. The smallest absolute Gasteiger partial charge is 0.189 e. The van der Waals surface area contributed by atoms with Gasteiger partial charge in [-0.25, -0.2) is 0 Å². The van der Waals surface area contributed by atoms with Gasteiger partial charge in [-0.1, -0.05) is 34.1 Å². The third-order valence-electron chi connectivity index (χ3n) is 6.35. The molecule has 0 N–H and O–H groups in total. The molecule has 0 saturated carbocycles. The van der Waals surface area contributed by atoms with Crippen molar-refractivity contribution in [3.63, 3.8) is 0 Å². The van der Waals surface area contributed by atoms with Crippen LogP contribution in [0.1, 0.15) is 58.0 Å². The molecular weight excluding hydrogens is 486 g/mol. The first-order chi connectivity index (χ1) is 17.7. The van der Waals surface area contributed by atoms with E-state index in [9.17, 15) is 0 Å². The number of unbranched alkanes of at least 4 members (excludes halogenated alkanes) is 1. The van der Waals surface area contributed by atoms with Crippen LogP contribution in [0.2, 0.25) is 0 Å². The van der Waals surface area contributed by atoms with E-state index in [2.05, 4.69) is 67.9 Å². The van der Waals surface area contributed by atoms with Gasteiger partial charge in [0.2, 0.25) is 0 Å². The molecule has 3 heterocycles. The highest BCUT2D eigenvalue weighted by Gasteiger charge is 2.26. The van der Waals surface area contributed by atoms with Crippen LogP contribution in [-0.2, 0) is 5.41 Å². The molecule has 0 radical (unpaired) electrons. The molecule has 3 aromatic heterocycles. The molecule has 0 unspecified atom stereocenters. The van der Waals surface area contributed by atoms with Crippen LogP contribution in [0.15, 0.2) is 24.3 Å². The van der Waals surface area contributed by atoms with Crippen LogP contribution in [0.4, 0.5) is 5.00 Å². The third-order valence-corrected chi connectivity index (χ3v) is 7.44. The SMILES string of the molecule is CCCCN(CC)c1ccc(/C=c2/c(C(C)(C)C)nn3c(-c4cc(OC)cc(OC)c4OC)nnc23)s1. The van der Waals surface area contributed by atoms with Crippen LogP contribution < -0.4 is 24.3 Å². The molecule has 0 atom stereocenters. The number of thiophene rings is 1. The van der Waals surface area contributed by atoms with E-state index in [-0.39, 0.29) is 5.41 Å². The van der Waals surface area contributed by atoms with Gasteiger partial charge in [0.25, 0.3) is 0 Å². The monoisotopic (exact) mass is 523 g/mol. The van der Waals surface area contributed by atoms with E-state index in [0.717, 1.165) is 28.9 Å². The molecule has 0 aliphatic heterocycles. The van der Waals surface area contributed by atoms with Gasteiger partial charge < -0.3 is 19.1 Å². The Morgan fingerprint density at radius 3 is 2.43 bits per heavy atom. The molecule has 0 bridgehead atoms. The van der Waals surface area contributed by atoms with E-state index in [4.69, 9.17) is 19.3 Å². The van der Waals surface area contributed by atoms with Crippen LogP contribution in [0.5, 0.6) is 17.2 Å². The van der Waals surface area contributed by atoms with Crippen LogP contribution >= 0.6 is 11.3 Å². The molecule has 198 valence electrons. The Hall–Kier alpha value is -3.33. The Labute approximate surface area is 222 Å². The summed E-state index contributed by atoms with van der Waals surface area (Å²) in [4.78, 5) is 3.60. The summed E-state index contributed by atoms with van der Waals surface area (Å²) in [6, 6.07) is 8.04. The van der Waals surface area contributed by atoms with Gasteiger partial charge in [0, 0.05) is 34.7 Å². The van der Waals surface area contributed by atoms with Crippen molar-refractivity contribution < 1.29 is 14.2 Å². The third kappa shape index (κ3) is 5.23. The van der Waals surface area contributed by atoms with Crippen molar-refractivity contribution in [2.45, 2.75) is 52.9 Å². The highest BCUT2D eigenvalue weighted by Crippen LogP contribution is 2.41. The van der Waals surface area contributed by atoms with Crippen molar-refractivity contribution >= 4 is 28.1 Å². The molecule has 9 heteroatoms. The minimum atomic E-state index is -0.198. The van der Waals surface area contributed by atoms with E-state index < -0.39 is 0 Å². The Morgan fingerprint density at radius 2 is 1.81 bits per heavy atom. The van der Waals surface area contributed by atoms with E-state index >= 15 is 0 Å². The van der Waals surface area contributed by atoms with Gasteiger partial charge >= 0.3 is 0 Å². The van der Waals surface area contributed by atoms with Gasteiger partial charge in [0.05, 0.1) is 37.6 Å². The second-order valence-electron chi connectivity index (χ2n) is 9.94. The highest BCUT2D eigenvalue weighted by atomic mass is 32.1. The lowest BCUT2D eigenvalue weighted by Crippen LogP contribution is -2.22. The predicted molar refractivity (Wildman–Crippen MR) is 150 cm³/mol. The summed E-state index contributed by atoms with van der Waals surface area (Å²) >= 11 is 1.79. The quantitative estimate of drug-likeness (QED) is 0.277. The molecular formula is C28H37N5O3S. The zero-order valence-electron chi connectivity index (χ0n) is 23.1. The molecule has 4 rings (SSSR count). The maximum atomic E-state index is 5.70. The van der Waals surface area contributed by atoms with Crippen molar-refractivity contribution in [2.75, 3.05) is 39.3 Å². The number of benzene rings is 1. The molecule has 0 spiro atoms. The standard InChI is InChI=1S/C28H37N5O3S/c1-9-11-14-32(10-2)23-13-12-19(37-23)17-21-25(28(3,4)5)31-33-26(29-30-27(21)33)20-15-18(34-6)16-22(35-7)24(20)36-8/h12-13,15-17H,9-11,14H2,1-8H3/b21-17-. The molecule has 0 aliphatic rings. The minimum Gasteiger partial charge on any atom is -0.497 e. The average molecular weight is 524 g/mol. The number of anilines is 1. The number of aromatic nitrogens is 4. The van der Waals surface area contributed by atoms with Crippen LogP contribution in [0.3, 0.4) is 0 Å². The van der Waals surface area contributed by atoms with Crippen LogP contribution in [0.25, 0.3) is 23.1 Å². The van der Waals surface area contributed by atoms with Gasteiger partial charge in [-0.2, -0.15) is 9.61 Å². The maximum absolute atomic E-state index is 5.70. The van der Waals surface area contributed by atoms with Crippen molar-refractivity contribution in [1.82, 2.24) is 19.8 Å². The van der Waals surface area contributed by atoms with Crippen LogP contribution in [0, 0.1) is 0 Å². The number of hydrogen-bond donors (Lipinski definition) is 0. The lowest BCUT2D eigenvalue weighted by molar-refractivity contribution is 0.350. The second kappa shape index (κ2) is 11.0. The van der Waals surface area contributed by atoms with Gasteiger partial charge in [-0.05, 0) is 37.6 Å². The maximum Gasteiger partial charge on any atom is 0.189 e. The van der Waals surface area contributed by atoms with Crippen molar-refractivity contribution in [1.29, 1.82) is 0 Å². The topological polar surface area (TPSA) is 74.0 Å². The fourth-order valence-corrected chi connectivity index (χ4v) is 5.43. The molecule has 1 aromatic carbocycles. The normalized spacial score (nSPS) is 12.4. The van der Waals surface area contributed by atoms with Gasteiger partial charge in [-0.15, -0.1) is 21.5 Å². The molecule has 0 fully saturated rings. The fourth-order valence-electron chi connectivity index (χ4n) is 4.39. The number of hydrogen-bond acceptors (Lipinski definition) is 8. The summed E-state index contributed by atoms with van der Waals surface area (Å²) in [7, 11) is 4.83. The van der Waals surface area contributed by atoms with Crippen molar-refractivity contribution in [3.05, 3.63) is 40.1 Å². The molecule has 37 heavy (non-hydrogen) atoms.